The Bertz CT molecular complexity index is 420. The van der Waals surface area contributed by atoms with Crippen LogP contribution in [-0.4, -0.2) is 18.1 Å². The highest BCUT2D eigenvalue weighted by Crippen LogP contribution is 2.33. The first-order valence-electron chi connectivity index (χ1n) is 3.93. The zero-order valence-corrected chi connectivity index (χ0v) is 9.00. The molecule has 0 spiro atoms. The predicted molar refractivity (Wildman–Crippen MR) is 51.7 cm³/mol. The van der Waals surface area contributed by atoms with E-state index in [-0.39, 0.29) is 5.02 Å². The topological polar surface area (TPSA) is 17.1 Å². The molecule has 0 fully saturated rings. The van der Waals surface area contributed by atoms with Crippen molar-refractivity contribution in [2.24, 2.45) is 0 Å². The summed E-state index contributed by atoms with van der Waals surface area (Å²) in [5.41, 5.74) is -0.723. The first kappa shape index (κ1) is 13.3. The van der Waals surface area contributed by atoms with Gasteiger partial charge in [0.1, 0.15) is 0 Å². The van der Waals surface area contributed by atoms with Gasteiger partial charge in [-0.05, 0) is 12.1 Å². The summed E-state index contributed by atoms with van der Waals surface area (Å²) in [5, 5.41) is -0.618. The second-order valence-corrected chi connectivity index (χ2v) is 3.64. The smallest absolute Gasteiger partial charge is 0.287 e. The largest absolute Gasteiger partial charge is 0.368 e. The molecule has 0 aromatic heterocycles. The molecule has 0 heterocycles. The molecule has 1 aromatic carbocycles. The first-order valence-corrected chi connectivity index (χ1v) is 4.69. The van der Waals surface area contributed by atoms with Crippen LogP contribution in [0, 0.1) is 0 Å². The number of Topliss-reactive ketones (excluding diaryl/α,β-unsaturated/α-hetero) is 1. The van der Waals surface area contributed by atoms with Crippen molar-refractivity contribution in [2.45, 2.75) is 12.3 Å². The zero-order valence-electron chi connectivity index (χ0n) is 7.49. The van der Waals surface area contributed by atoms with Crippen LogP contribution in [0.4, 0.5) is 17.6 Å². The summed E-state index contributed by atoms with van der Waals surface area (Å²) in [6, 6.07) is 3.33. The summed E-state index contributed by atoms with van der Waals surface area (Å²) in [7, 11) is 0. The van der Waals surface area contributed by atoms with Gasteiger partial charge in [-0.15, -0.1) is 0 Å². The highest BCUT2D eigenvalue weighted by atomic mass is 35.5. The molecule has 0 aliphatic rings. The Hall–Kier alpha value is -0.810. The van der Waals surface area contributed by atoms with Crippen LogP contribution >= 0.6 is 23.2 Å². The number of alkyl halides is 4. The van der Waals surface area contributed by atoms with Crippen molar-refractivity contribution in [1.82, 2.24) is 0 Å². The maximum atomic E-state index is 12.7. The quantitative estimate of drug-likeness (QED) is 0.600. The molecule has 0 unspecified atom stereocenters. The molecule has 1 rings (SSSR count). The van der Waals surface area contributed by atoms with Crippen LogP contribution in [0.3, 0.4) is 0 Å². The second-order valence-electron chi connectivity index (χ2n) is 2.85. The molecule has 1 nitrogen and oxygen atoms in total. The third kappa shape index (κ3) is 2.30. The molecule has 0 saturated heterocycles. The fourth-order valence-corrected chi connectivity index (χ4v) is 1.34. The van der Waals surface area contributed by atoms with Crippen LogP contribution in [0.1, 0.15) is 10.4 Å². The standard InChI is InChI=1S/C9H4Cl2F4O/c10-5-3-1-2-4(6(5)11)7(16)9(14,15)8(12)13/h1-3,8H. The minimum atomic E-state index is -4.77. The molecule has 0 aliphatic carbocycles. The fourth-order valence-electron chi connectivity index (χ4n) is 0.958. The average Bonchev–Trinajstić information content (AvgIpc) is 2.21. The maximum absolute atomic E-state index is 12.7. The van der Waals surface area contributed by atoms with E-state index in [2.05, 4.69) is 0 Å². The number of ketones is 1. The van der Waals surface area contributed by atoms with Gasteiger partial charge in [-0.3, -0.25) is 4.79 Å². The van der Waals surface area contributed by atoms with Crippen molar-refractivity contribution < 1.29 is 22.4 Å². The highest BCUT2D eigenvalue weighted by molar-refractivity contribution is 6.44. The second kappa shape index (κ2) is 4.59. The summed E-state index contributed by atoms with van der Waals surface area (Å²) in [4.78, 5) is 11.1. The molecule has 7 heteroatoms. The number of carbonyl (C=O) groups is 1. The molecule has 0 N–H and O–H groups in total. The van der Waals surface area contributed by atoms with Gasteiger partial charge in [0, 0.05) is 5.56 Å². The summed E-state index contributed by atoms with van der Waals surface area (Å²) < 4.78 is 49.3. The summed E-state index contributed by atoms with van der Waals surface area (Å²) in [6.45, 7) is 0. The Morgan fingerprint density at radius 3 is 2.31 bits per heavy atom. The predicted octanol–water partition coefficient (Wildman–Crippen LogP) is 4.08. The van der Waals surface area contributed by atoms with Crippen molar-refractivity contribution in [1.29, 1.82) is 0 Å². The summed E-state index contributed by atoms with van der Waals surface area (Å²) in [6.07, 6.45) is -4.09. The van der Waals surface area contributed by atoms with E-state index in [1.54, 1.807) is 0 Å². The van der Waals surface area contributed by atoms with Gasteiger partial charge in [0.15, 0.2) is 0 Å². The zero-order chi connectivity index (χ0) is 12.5. The Labute approximate surface area is 98.0 Å². The lowest BCUT2D eigenvalue weighted by molar-refractivity contribution is -0.0958. The number of halogens is 6. The lowest BCUT2D eigenvalue weighted by Gasteiger charge is -2.14. The Kier molecular flexibility index (Phi) is 3.80. The fraction of sp³-hybridized carbons (Fsp3) is 0.222. The van der Waals surface area contributed by atoms with Crippen molar-refractivity contribution in [3.63, 3.8) is 0 Å². The number of rotatable bonds is 3. The van der Waals surface area contributed by atoms with Gasteiger partial charge in [0.25, 0.3) is 0 Å². The molecular formula is C9H4Cl2F4O. The van der Waals surface area contributed by atoms with E-state index < -0.39 is 28.7 Å². The van der Waals surface area contributed by atoms with Gasteiger partial charge in [-0.2, -0.15) is 8.78 Å². The monoisotopic (exact) mass is 274 g/mol. The van der Waals surface area contributed by atoms with Gasteiger partial charge in [-0.25, -0.2) is 8.78 Å². The Morgan fingerprint density at radius 2 is 1.81 bits per heavy atom. The van der Waals surface area contributed by atoms with Crippen LogP contribution in [0.2, 0.25) is 10.0 Å². The molecule has 88 valence electrons. The molecule has 0 bridgehead atoms. The van der Waals surface area contributed by atoms with Crippen LogP contribution < -0.4 is 0 Å². The van der Waals surface area contributed by atoms with Gasteiger partial charge in [0.2, 0.25) is 5.78 Å². The van der Waals surface area contributed by atoms with Crippen molar-refractivity contribution >= 4 is 29.0 Å². The van der Waals surface area contributed by atoms with E-state index in [1.807, 2.05) is 0 Å². The number of benzene rings is 1. The first-order chi connectivity index (χ1) is 7.28. The van der Waals surface area contributed by atoms with Crippen molar-refractivity contribution in [3.05, 3.63) is 33.8 Å². The van der Waals surface area contributed by atoms with E-state index in [9.17, 15) is 22.4 Å². The molecule has 0 atom stereocenters. The normalized spacial score (nSPS) is 11.9. The number of hydrogen-bond acceptors (Lipinski definition) is 1. The Morgan fingerprint density at radius 1 is 1.25 bits per heavy atom. The van der Waals surface area contributed by atoms with Crippen LogP contribution in [0.5, 0.6) is 0 Å². The Balaban J connectivity index is 3.21. The number of carbonyl (C=O) groups excluding carboxylic acids is 1. The van der Waals surface area contributed by atoms with Crippen LogP contribution in [0.25, 0.3) is 0 Å². The van der Waals surface area contributed by atoms with Crippen LogP contribution in [0.15, 0.2) is 18.2 Å². The molecule has 0 radical (unpaired) electrons. The van der Waals surface area contributed by atoms with E-state index in [0.717, 1.165) is 6.07 Å². The van der Waals surface area contributed by atoms with E-state index in [0.29, 0.717) is 0 Å². The van der Waals surface area contributed by atoms with Crippen LogP contribution in [-0.2, 0) is 0 Å². The highest BCUT2D eigenvalue weighted by Gasteiger charge is 2.49. The molecule has 16 heavy (non-hydrogen) atoms. The minimum Gasteiger partial charge on any atom is -0.287 e. The molecular weight excluding hydrogens is 271 g/mol. The average molecular weight is 275 g/mol. The molecule has 0 aliphatic heterocycles. The number of hydrogen-bond donors (Lipinski definition) is 0. The lowest BCUT2D eigenvalue weighted by atomic mass is 10.1. The summed E-state index contributed by atoms with van der Waals surface area (Å²) in [5.74, 6) is -6.82. The van der Waals surface area contributed by atoms with E-state index in [4.69, 9.17) is 23.2 Å². The third-order valence-corrected chi connectivity index (χ3v) is 2.59. The summed E-state index contributed by atoms with van der Waals surface area (Å²) >= 11 is 10.9. The molecule has 0 saturated carbocycles. The molecule has 1 aromatic rings. The van der Waals surface area contributed by atoms with Gasteiger partial charge in [0.05, 0.1) is 10.0 Å². The maximum Gasteiger partial charge on any atom is 0.368 e. The minimum absolute atomic E-state index is 0.155. The SMILES string of the molecule is O=C(c1cccc(Cl)c1Cl)C(F)(F)C(F)F. The van der Waals surface area contributed by atoms with Crippen molar-refractivity contribution in [2.75, 3.05) is 0 Å². The van der Waals surface area contributed by atoms with E-state index in [1.165, 1.54) is 12.1 Å². The van der Waals surface area contributed by atoms with Gasteiger partial charge in [-0.1, -0.05) is 29.3 Å². The van der Waals surface area contributed by atoms with E-state index >= 15 is 0 Å². The lowest BCUT2D eigenvalue weighted by Crippen LogP contribution is -2.36. The molecule has 0 amide bonds. The van der Waals surface area contributed by atoms with Crippen molar-refractivity contribution in [3.8, 4) is 0 Å². The van der Waals surface area contributed by atoms with Gasteiger partial charge < -0.3 is 0 Å². The third-order valence-electron chi connectivity index (χ3n) is 1.77. The van der Waals surface area contributed by atoms with Gasteiger partial charge >= 0.3 is 12.3 Å².